The molecule has 0 unspecified atom stereocenters. The number of nitrogens with zero attached hydrogens (tertiary/aromatic N) is 2. The minimum atomic E-state index is 1.02. The molecule has 0 saturated carbocycles. The third-order valence-electron chi connectivity index (χ3n) is 10.4. The molecule has 1 heterocycles. The van der Waals surface area contributed by atoms with Crippen molar-refractivity contribution in [1.82, 2.24) is 0 Å². The lowest BCUT2D eigenvalue weighted by molar-refractivity contribution is 0.997. The average molecular weight is 689 g/mol. The first-order valence-corrected chi connectivity index (χ1v) is 19.1. The van der Waals surface area contributed by atoms with Crippen LogP contribution in [0, 0.1) is 6.92 Å². The summed E-state index contributed by atoms with van der Waals surface area (Å²) in [6.07, 6.45) is 10.1. The molecule has 1 aromatic heterocycles. The largest absolute Gasteiger partial charge is 0.311 e. The van der Waals surface area contributed by atoms with Crippen LogP contribution < -0.4 is 9.80 Å². The molecule has 3 heteroatoms. The van der Waals surface area contributed by atoms with Crippen LogP contribution in [0.15, 0.2) is 176 Å². The van der Waals surface area contributed by atoms with E-state index in [-0.39, 0.29) is 0 Å². The topological polar surface area (TPSA) is 6.48 Å². The average Bonchev–Trinajstić information content (AvgIpc) is 3.57. The highest BCUT2D eigenvalue weighted by molar-refractivity contribution is 7.26. The molecule has 252 valence electrons. The maximum absolute atomic E-state index is 2.44. The highest BCUT2D eigenvalue weighted by atomic mass is 32.1. The number of hydrogen-bond acceptors (Lipinski definition) is 3. The van der Waals surface area contributed by atoms with Gasteiger partial charge in [-0.2, -0.15) is 0 Å². The molecule has 7 aromatic carbocycles. The molecule has 8 aromatic rings. The molecule has 9 rings (SSSR count). The fourth-order valence-corrected chi connectivity index (χ4v) is 9.12. The van der Waals surface area contributed by atoms with Crippen LogP contribution in [0.5, 0.6) is 0 Å². The molecule has 1 aliphatic rings. The van der Waals surface area contributed by atoms with Gasteiger partial charge in [0, 0.05) is 59.4 Å². The fourth-order valence-electron chi connectivity index (χ4n) is 7.87. The summed E-state index contributed by atoms with van der Waals surface area (Å²) in [6.45, 7) is 4.49. The Labute approximate surface area is 310 Å². The number of thiophene rings is 1. The minimum Gasteiger partial charge on any atom is -0.311 e. The number of allylic oxidation sites excluding steroid dienone is 3. The highest BCUT2D eigenvalue weighted by Gasteiger charge is 2.21. The van der Waals surface area contributed by atoms with Crippen molar-refractivity contribution in [2.75, 3.05) is 9.80 Å². The van der Waals surface area contributed by atoms with Crippen molar-refractivity contribution in [2.24, 2.45) is 0 Å². The van der Waals surface area contributed by atoms with E-state index in [9.17, 15) is 0 Å². The molecule has 0 saturated heterocycles. The van der Waals surface area contributed by atoms with E-state index in [1.807, 2.05) is 11.3 Å². The molecule has 1 aliphatic carbocycles. The lowest BCUT2D eigenvalue weighted by atomic mass is 9.94. The van der Waals surface area contributed by atoms with Gasteiger partial charge in [0.25, 0.3) is 0 Å². The number of rotatable bonds is 8. The Bertz CT molecular complexity index is 2590. The predicted octanol–water partition coefficient (Wildman–Crippen LogP) is 14.6. The van der Waals surface area contributed by atoms with Crippen LogP contribution in [-0.4, -0.2) is 0 Å². The summed E-state index contributed by atoms with van der Waals surface area (Å²) in [5.41, 5.74) is 12.4. The molecule has 2 nitrogen and oxygen atoms in total. The molecule has 52 heavy (non-hydrogen) atoms. The van der Waals surface area contributed by atoms with Crippen molar-refractivity contribution < 1.29 is 0 Å². The molecule has 0 N–H and O–H groups in total. The zero-order valence-electron chi connectivity index (χ0n) is 29.6. The number of hydrogen-bond donors (Lipinski definition) is 0. The number of aryl methyl sites for hydroxylation is 2. The second kappa shape index (κ2) is 13.7. The molecular formula is C49H40N2S. The summed E-state index contributed by atoms with van der Waals surface area (Å²) in [7, 11) is 0. The molecule has 0 bridgehead atoms. The van der Waals surface area contributed by atoms with E-state index in [1.165, 1.54) is 76.0 Å². The number of para-hydroxylation sites is 2. The Balaban J connectivity index is 1.21. The van der Waals surface area contributed by atoms with Crippen molar-refractivity contribution in [3.05, 3.63) is 187 Å². The minimum absolute atomic E-state index is 1.02. The van der Waals surface area contributed by atoms with Gasteiger partial charge in [-0.25, -0.2) is 0 Å². The third-order valence-corrected chi connectivity index (χ3v) is 11.6. The Morgan fingerprint density at radius 3 is 1.92 bits per heavy atom. The first-order valence-electron chi connectivity index (χ1n) is 18.3. The van der Waals surface area contributed by atoms with E-state index in [2.05, 4.69) is 194 Å². The summed E-state index contributed by atoms with van der Waals surface area (Å²) in [6, 6.07) is 55.6. The summed E-state index contributed by atoms with van der Waals surface area (Å²) in [5.74, 6) is 0. The van der Waals surface area contributed by atoms with Crippen molar-refractivity contribution in [3.8, 4) is 11.1 Å². The lowest BCUT2D eigenvalue weighted by Crippen LogP contribution is -2.16. The van der Waals surface area contributed by atoms with Crippen LogP contribution in [0.3, 0.4) is 0 Å². The van der Waals surface area contributed by atoms with Crippen molar-refractivity contribution in [1.29, 1.82) is 0 Å². The van der Waals surface area contributed by atoms with Crippen molar-refractivity contribution >= 4 is 70.7 Å². The molecular weight excluding hydrogens is 649 g/mol. The Morgan fingerprint density at radius 2 is 1.21 bits per heavy atom. The van der Waals surface area contributed by atoms with E-state index in [0.717, 1.165) is 30.6 Å². The van der Waals surface area contributed by atoms with Gasteiger partial charge in [0.1, 0.15) is 0 Å². The quantitative estimate of drug-likeness (QED) is 0.157. The van der Waals surface area contributed by atoms with Crippen molar-refractivity contribution in [2.45, 2.75) is 33.1 Å². The van der Waals surface area contributed by atoms with E-state index in [1.54, 1.807) is 0 Å². The molecule has 0 fully saturated rings. The predicted molar refractivity (Wildman–Crippen MR) is 226 cm³/mol. The van der Waals surface area contributed by atoms with Crippen LogP contribution in [0.25, 0.3) is 42.1 Å². The summed E-state index contributed by atoms with van der Waals surface area (Å²) >= 11 is 1.90. The van der Waals surface area contributed by atoms with Gasteiger partial charge in [0.15, 0.2) is 0 Å². The van der Waals surface area contributed by atoms with E-state index >= 15 is 0 Å². The van der Waals surface area contributed by atoms with E-state index in [0.29, 0.717) is 0 Å². The lowest BCUT2D eigenvalue weighted by Gasteiger charge is -2.28. The smallest absolute Gasteiger partial charge is 0.0547 e. The maximum atomic E-state index is 2.44. The zero-order valence-corrected chi connectivity index (χ0v) is 30.4. The highest BCUT2D eigenvalue weighted by Crippen LogP contribution is 2.47. The second-order valence-corrected chi connectivity index (χ2v) is 14.6. The van der Waals surface area contributed by atoms with Crippen molar-refractivity contribution in [3.63, 3.8) is 0 Å². The van der Waals surface area contributed by atoms with Gasteiger partial charge in [0.2, 0.25) is 0 Å². The Kier molecular flexibility index (Phi) is 8.42. The molecule has 0 spiro atoms. The Hall–Kier alpha value is -5.90. The standard InChI is InChI=1S/C49H40N2S/c1-3-35-17-13-14-24-42(35)41-29-27-39(31-34(41)2)50(36-18-7-4-8-19-36)40-28-30-44-46-33-47(43-25-15-16-26-45(43)49(46)52-48(44)32-40)51(37-20-9-5-10-21-37)38-22-11-6-12-23-38/h5-7,9-33H,3-4,8H2,1-2H3. The Morgan fingerprint density at radius 1 is 0.538 bits per heavy atom. The van der Waals surface area contributed by atoms with Gasteiger partial charge in [-0.15, -0.1) is 11.3 Å². The van der Waals surface area contributed by atoms with Crippen LogP contribution >= 0.6 is 11.3 Å². The molecule has 0 atom stereocenters. The SMILES string of the molecule is CCc1ccccc1-c1ccc(N(C2=CCCC=C2)c2ccc3c(c2)sc2c4ccccc4c(N(c4ccccc4)c4ccccc4)cc32)cc1C. The summed E-state index contributed by atoms with van der Waals surface area (Å²) < 4.78 is 2.61. The molecule has 0 amide bonds. The van der Waals surface area contributed by atoms with E-state index in [4.69, 9.17) is 0 Å². The van der Waals surface area contributed by atoms with Gasteiger partial charge >= 0.3 is 0 Å². The first kappa shape index (κ1) is 32.0. The zero-order chi connectivity index (χ0) is 35.0. The van der Waals surface area contributed by atoms with Crippen LogP contribution in [0.2, 0.25) is 0 Å². The number of anilines is 5. The first-order chi connectivity index (χ1) is 25.7. The molecule has 0 aliphatic heterocycles. The second-order valence-electron chi connectivity index (χ2n) is 13.6. The third kappa shape index (κ3) is 5.68. The number of benzene rings is 7. The summed E-state index contributed by atoms with van der Waals surface area (Å²) in [5, 5.41) is 5.10. The van der Waals surface area contributed by atoms with Gasteiger partial charge in [0.05, 0.1) is 5.69 Å². The van der Waals surface area contributed by atoms with Gasteiger partial charge < -0.3 is 9.80 Å². The van der Waals surface area contributed by atoms with E-state index < -0.39 is 0 Å². The molecule has 0 radical (unpaired) electrons. The number of fused-ring (bicyclic) bond motifs is 5. The van der Waals surface area contributed by atoms with Gasteiger partial charge in [-0.3, -0.25) is 0 Å². The fraction of sp³-hybridized carbons (Fsp3) is 0.102. The van der Waals surface area contributed by atoms with Crippen LogP contribution in [0.4, 0.5) is 28.4 Å². The van der Waals surface area contributed by atoms with Crippen LogP contribution in [0.1, 0.15) is 30.9 Å². The monoisotopic (exact) mass is 688 g/mol. The maximum Gasteiger partial charge on any atom is 0.0547 e. The van der Waals surface area contributed by atoms with Gasteiger partial charge in [-0.1, -0.05) is 116 Å². The summed E-state index contributed by atoms with van der Waals surface area (Å²) in [4.78, 5) is 4.84. The normalized spacial score (nSPS) is 12.8. The van der Waals surface area contributed by atoms with Crippen LogP contribution in [-0.2, 0) is 6.42 Å². The van der Waals surface area contributed by atoms with Gasteiger partial charge in [-0.05, 0) is 109 Å².